The van der Waals surface area contributed by atoms with Gasteiger partial charge in [0, 0.05) is 12.0 Å². The highest BCUT2D eigenvalue weighted by atomic mass is 16.4. The number of hydrogen-bond acceptors (Lipinski definition) is 2. The molecule has 0 amide bonds. The van der Waals surface area contributed by atoms with Crippen LogP contribution in [0.15, 0.2) is 42.5 Å². The second-order valence-electron chi connectivity index (χ2n) is 5.41. The molecular weight excluding hydrogens is 238 g/mol. The highest BCUT2D eigenvalue weighted by Crippen LogP contribution is 2.29. The van der Waals surface area contributed by atoms with Gasteiger partial charge in [0.1, 0.15) is 0 Å². The molecule has 0 radical (unpaired) electrons. The van der Waals surface area contributed by atoms with Crippen LogP contribution in [0.2, 0.25) is 0 Å². The number of carboxylic acids is 1. The molecule has 0 aliphatic carbocycles. The van der Waals surface area contributed by atoms with E-state index in [1.807, 2.05) is 12.1 Å². The molecule has 0 spiro atoms. The first-order valence-corrected chi connectivity index (χ1v) is 6.41. The minimum Gasteiger partial charge on any atom is -0.480 e. The maximum Gasteiger partial charge on any atom is 0.317 e. The molecular formula is C16H19NO2. The van der Waals surface area contributed by atoms with Gasteiger partial charge in [-0.3, -0.25) is 4.79 Å². The Bertz CT molecular complexity index is 585. The summed E-state index contributed by atoms with van der Waals surface area (Å²) in [5, 5.41) is 14.1. The molecule has 0 aliphatic rings. The Balaban J connectivity index is 2.29. The van der Waals surface area contributed by atoms with Crippen molar-refractivity contribution in [3.8, 4) is 0 Å². The average molecular weight is 257 g/mol. The molecule has 0 aliphatic heterocycles. The molecule has 2 aromatic rings. The molecule has 0 saturated heterocycles. The second-order valence-corrected chi connectivity index (χ2v) is 5.41. The average Bonchev–Trinajstić information content (AvgIpc) is 2.37. The SMILES string of the molecule is CC(C)(CNCC(=O)O)c1cccc2ccccc12. The Morgan fingerprint density at radius 3 is 2.58 bits per heavy atom. The minimum atomic E-state index is -0.825. The van der Waals surface area contributed by atoms with E-state index in [0.29, 0.717) is 6.54 Å². The molecule has 0 atom stereocenters. The predicted molar refractivity (Wildman–Crippen MR) is 77.5 cm³/mol. The summed E-state index contributed by atoms with van der Waals surface area (Å²) in [6.07, 6.45) is 0. The molecule has 0 heterocycles. The predicted octanol–water partition coefficient (Wildman–Crippen LogP) is 2.79. The monoisotopic (exact) mass is 257 g/mol. The summed E-state index contributed by atoms with van der Waals surface area (Å²) >= 11 is 0. The van der Waals surface area contributed by atoms with E-state index in [1.165, 1.54) is 16.3 Å². The largest absolute Gasteiger partial charge is 0.480 e. The number of benzene rings is 2. The summed E-state index contributed by atoms with van der Waals surface area (Å²) in [5.41, 5.74) is 1.12. The normalized spacial score (nSPS) is 11.7. The van der Waals surface area contributed by atoms with E-state index in [0.717, 1.165) is 0 Å². The van der Waals surface area contributed by atoms with Gasteiger partial charge in [0.05, 0.1) is 6.54 Å². The number of fused-ring (bicyclic) bond motifs is 1. The summed E-state index contributed by atoms with van der Waals surface area (Å²) in [6, 6.07) is 14.5. The zero-order valence-corrected chi connectivity index (χ0v) is 11.3. The third-order valence-electron chi connectivity index (χ3n) is 3.36. The van der Waals surface area contributed by atoms with Gasteiger partial charge in [0.25, 0.3) is 0 Å². The van der Waals surface area contributed by atoms with Crippen LogP contribution in [0.5, 0.6) is 0 Å². The van der Waals surface area contributed by atoms with E-state index >= 15 is 0 Å². The lowest BCUT2D eigenvalue weighted by Crippen LogP contribution is -2.35. The van der Waals surface area contributed by atoms with Gasteiger partial charge in [-0.05, 0) is 16.3 Å². The standard InChI is InChI=1S/C16H19NO2/c1-16(2,11-17-10-15(18)19)14-9-5-7-12-6-3-4-8-13(12)14/h3-9,17H,10-11H2,1-2H3,(H,18,19). The maximum absolute atomic E-state index is 10.6. The molecule has 0 saturated carbocycles. The zero-order chi connectivity index (χ0) is 13.9. The van der Waals surface area contributed by atoms with Crippen LogP contribution in [0.25, 0.3) is 10.8 Å². The van der Waals surface area contributed by atoms with Crippen molar-refractivity contribution in [1.29, 1.82) is 0 Å². The van der Waals surface area contributed by atoms with Crippen LogP contribution in [-0.2, 0) is 10.2 Å². The molecule has 0 bridgehead atoms. The highest BCUT2D eigenvalue weighted by Gasteiger charge is 2.22. The Hall–Kier alpha value is -1.87. The first-order valence-electron chi connectivity index (χ1n) is 6.41. The minimum absolute atomic E-state index is 0.00576. The molecule has 3 nitrogen and oxygen atoms in total. The quantitative estimate of drug-likeness (QED) is 0.866. The molecule has 0 unspecified atom stereocenters. The number of carbonyl (C=O) groups is 1. The van der Waals surface area contributed by atoms with Crippen molar-refractivity contribution >= 4 is 16.7 Å². The fraction of sp³-hybridized carbons (Fsp3) is 0.312. The summed E-state index contributed by atoms with van der Waals surface area (Å²) in [7, 11) is 0. The van der Waals surface area contributed by atoms with Crippen LogP contribution >= 0.6 is 0 Å². The van der Waals surface area contributed by atoms with Gasteiger partial charge in [0.15, 0.2) is 0 Å². The van der Waals surface area contributed by atoms with E-state index in [-0.39, 0.29) is 12.0 Å². The van der Waals surface area contributed by atoms with Crippen molar-refractivity contribution < 1.29 is 9.90 Å². The first kappa shape index (κ1) is 13.6. The van der Waals surface area contributed by atoms with Gasteiger partial charge in [-0.2, -0.15) is 0 Å². The van der Waals surface area contributed by atoms with E-state index in [9.17, 15) is 4.79 Å². The Labute approximate surface area is 113 Å². The van der Waals surface area contributed by atoms with Gasteiger partial charge in [0.2, 0.25) is 0 Å². The summed E-state index contributed by atoms with van der Waals surface area (Å²) in [5.74, 6) is -0.825. The third-order valence-corrected chi connectivity index (χ3v) is 3.36. The molecule has 19 heavy (non-hydrogen) atoms. The highest BCUT2D eigenvalue weighted by molar-refractivity contribution is 5.86. The zero-order valence-electron chi connectivity index (χ0n) is 11.3. The number of rotatable bonds is 5. The van der Waals surface area contributed by atoms with Gasteiger partial charge >= 0.3 is 5.97 Å². The van der Waals surface area contributed by atoms with Crippen molar-refractivity contribution in [2.24, 2.45) is 0 Å². The van der Waals surface area contributed by atoms with Crippen molar-refractivity contribution in [3.63, 3.8) is 0 Å². The van der Waals surface area contributed by atoms with Crippen molar-refractivity contribution in [2.45, 2.75) is 19.3 Å². The first-order chi connectivity index (χ1) is 9.00. The molecule has 2 rings (SSSR count). The van der Waals surface area contributed by atoms with Crippen LogP contribution in [0, 0.1) is 0 Å². The molecule has 2 aromatic carbocycles. The van der Waals surface area contributed by atoms with E-state index in [2.05, 4.69) is 49.5 Å². The van der Waals surface area contributed by atoms with Gasteiger partial charge in [-0.1, -0.05) is 56.3 Å². The number of aliphatic carboxylic acids is 1. The molecule has 3 heteroatoms. The fourth-order valence-corrected chi connectivity index (χ4v) is 2.39. The lowest BCUT2D eigenvalue weighted by molar-refractivity contribution is -0.136. The lowest BCUT2D eigenvalue weighted by atomic mass is 9.81. The smallest absolute Gasteiger partial charge is 0.317 e. The summed E-state index contributed by atoms with van der Waals surface area (Å²) < 4.78 is 0. The second kappa shape index (κ2) is 5.41. The molecule has 100 valence electrons. The molecule has 0 aromatic heterocycles. The lowest BCUT2D eigenvalue weighted by Gasteiger charge is -2.27. The van der Waals surface area contributed by atoms with E-state index < -0.39 is 5.97 Å². The summed E-state index contributed by atoms with van der Waals surface area (Å²) in [6.45, 7) is 4.88. The van der Waals surface area contributed by atoms with Crippen molar-refractivity contribution in [2.75, 3.05) is 13.1 Å². The maximum atomic E-state index is 10.6. The van der Waals surface area contributed by atoms with Crippen LogP contribution in [-0.4, -0.2) is 24.2 Å². The Morgan fingerprint density at radius 2 is 1.84 bits per heavy atom. The number of nitrogens with one attached hydrogen (secondary N) is 1. The van der Waals surface area contributed by atoms with Gasteiger partial charge in [-0.25, -0.2) is 0 Å². The van der Waals surface area contributed by atoms with Gasteiger partial charge < -0.3 is 10.4 Å². The molecule has 0 fully saturated rings. The van der Waals surface area contributed by atoms with Crippen LogP contribution in [0.4, 0.5) is 0 Å². The van der Waals surface area contributed by atoms with Crippen LogP contribution in [0.1, 0.15) is 19.4 Å². The third kappa shape index (κ3) is 3.12. The number of carboxylic acid groups (broad SMARTS) is 1. The van der Waals surface area contributed by atoms with Crippen molar-refractivity contribution in [1.82, 2.24) is 5.32 Å². The van der Waals surface area contributed by atoms with Crippen LogP contribution in [0.3, 0.4) is 0 Å². The Morgan fingerprint density at radius 1 is 1.16 bits per heavy atom. The van der Waals surface area contributed by atoms with Crippen molar-refractivity contribution in [3.05, 3.63) is 48.0 Å². The Kier molecular flexibility index (Phi) is 3.86. The fourth-order valence-electron chi connectivity index (χ4n) is 2.39. The summed E-state index contributed by atoms with van der Waals surface area (Å²) in [4.78, 5) is 10.6. The molecule has 2 N–H and O–H groups in total. The topological polar surface area (TPSA) is 49.3 Å². The van der Waals surface area contributed by atoms with Gasteiger partial charge in [-0.15, -0.1) is 0 Å². The van der Waals surface area contributed by atoms with E-state index in [1.54, 1.807) is 0 Å². The number of hydrogen-bond donors (Lipinski definition) is 2. The van der Waals surface area contributed by atoms with E-state index in [4.69, 9.17) is 5.11 Å². The van der Waals surface area contributed by atoms with Crippen LogP contribution < -0.4 is 5.32 Å².